The van der Waals surface area contributed by atoms with E-state index in [-0.39, 0.29) is 5.91 Å². The van der Waals surface area contributed by atoms with Crippen molar-refractivity contribution in [1.82, 2.24) is 5.32 Å². The lowest BCUT2D eigenvalue weighted by Crippen LogP contribution is -2.49. The van der Waals surface area contributed by atoms with Crippen LogP contribution in [0.2, 0.25) is 0 Å². The second kappa shape index (κ2) is 5.12. The molecule has 16 heavy (non-hydrogen) atoms. The van der Waals surface area contributed by atoms with Crippen LogP contribution in [0.15, 0.2) is 24.3 Å². The van der Waals surface area contributed by atoms with E-state index in [1.165, 1.54) is 5.56 Å². The lowest BCUT2D eigenvalue weighted by atomic mass is 10.0. The molecule has 0 heterocycles. The first kappa shape index (κ1) is 12.7. The van der Waals surface area contributed by atoms with Gasteiger partial charge in [0.2, 0.25) is 5.91 Å². The van der Waals surface area contributed by atoms with Crippen molar-refractivity contribution in [2.75, 3.05) is 11.9 Å². The van der Waals surface area contributed by atoms with E-state index in [0.717, 1.165) is 12.2 Å². The SMILES string of the molecule is CCNC(C)(C)C(=O)Nc1ccc(C)cc1. The number of aryl methyl sites for hydroxylation is 1. The zero-order chi connectivity index (χ0) is 12.2. The summed E-state index contributed by atoms with van der Waals surface area (Å²) in [5.41, 5.74) is 1.48. The lowest BCUT2D eigenvalue weighted by Gasteiger charge is -2.24. The van der Waals surface area contributed by atoms with Crippen LogP contribution in [0.3, 0.4) is 0 Å². The highest BCUT2D eigenvalue weighted by molar-refractivity contribution is 5.97. The Kier molecular flexibility index (Phi) is 4.07. The predicted octanol–water partition coefficient (Wildman–Crippen LogP) is 2.32. The van der Waals surface area contributed by atoms with Crippen molar-refractivity contribution < 1.29 is 4.79 Å². The summed E-state index contributed by atoms with van der Waals surface area (Å²) in [5, 5.41) is 6.03. The summed E-state index contributed by atoms with van der Waals surface area (Å²) in [7, 11) is 0. The van der Waals surface area contributed by atoms with Gasteiger partial charge >= 0.3 is 0 Å². The molecular formula is C13H20N2O. The summed E-state index contributed by atoms with van der Waals surface area (Å²) in [6.45, 7) is 8.53. The Bertz CT molecular complexity index is 355. The van der Waals surface area contributed by atoms with Gasteiger partial charge in [0.05, 0.1) is 5.54 Å². The largest absolute Gasteiger partial charge is 0.325 e. The number of hydrogen-bond acceptors (Lipinski definition) is 2. The molecule has 2 N–H and O–H groups in total. The Hall–Kier alpha value is -1.35. The van der Waals surface area contributed by atoms with E-state index >= 15 is 0 Å². The number of carbonyl (C=O) groups excluding carboxylic acids is 1. The molecule has 0 saturated carbocycles. The Morgan fingerprint density at radius 3 is 2.31 bits per heavy atom. The van der Waals surface area contributed by atoms with E-state index in [0.29, 0.717) is 0 Å². The topological polar surface area (TPSA) is 41.1 Å². The van der Waals surface area contributed by atoms with Gasteiger partial charge in [0.25, 0.3) is 0 Å². The molecular weight excluding hydrogens is 200 g/mol. The smallest absolute Gasteiger partial charge is 0.244 e. The minimum Gasteiger partial charge on any atom is -0.325 e. The number of nitrogens with one attached hydrogen (secondary N) is 2. The third-order valence-corrected chi connectivity index (χ3v) is 2.50. The van der Waals surface area contributed by atoms with Crippen molar-refractivity contribution in [3.8, 4) is 0 Å². The van der Waals surface area contributed by atoms with E-state index < -0.39 is 5.54 Å². The van der Waals surface area contributed by atoms with Crippen molar-refractivity contribution in [2.45, 2.75) is 33.2 Å². The van der Waals surface area contributed by atoms with Gasteiger partial charge < -0.3 is 10.6 Å². The molecule has 1 amide bonds. The first-order chi connectivity index (χ1) is 7.45. The molecule has 0 aliphatic carbocycles. The number of amides is 1. The van der Waals surface area contributed by atoms with Crippen molar-refractivity contribution in [3.05, 3.63) is 29.8 Å². The second-order valence-electron chi connectivity index (χ2n) is 4.48. The van der Waals surface area contributed by atoms with Gasteiger partial charge in [-0.15, -0.1) is 0 Å². The summed E-state index contributed by atoms with van der Waals surface area (Å²) in [6.07, 6.45) is 0. The number of anilines is 1. The quantitative estimate of drug-likeness (QED) is 0.817. The van der Waals surface area contributed by atoms with Crippen molar-refractivity contribution in [1.29, 1.82) is 0 Å². The highest BCUT2D eigenvalue weighted by Gasteiger charge is 2.25. The van der Waals surface area contributed by atoms with Gasteiger partial charge in [-0.1, -0.05) is 24.6 Å². The predicted molar refractivity (Wildman–Crippen MR) is 67.6 cm³/mol. The molecule has 0 aromatic heterocycles. The van der Waals surface area contributed by atoms with Crippen LogP contribution >= 0.6 is 0 Å². The molecule has 3 nitrogen and oxygen atoms in total. The van der Waals surface area contributed by atoms with E-state index in [1.807, 2.05) is 52.0 Å². The molecule has 0 bridgehead atoms. The first-order valence-corrected chi connectivity index (χ1v) is 5.59. The summed E-state index contributed by atoms with van der Waals surface area (Å²) in [6, 6.07) is 7.79. The molecule has 0 spiro atoms. The molecule has 0 saturated heterocycles. The van der Waals surface area contributed by atoms with Gasteiger partial charge in [0, 0.05) is 5.69 Å². The van der Waals surface area contributed by atoms with Gasteiger partial charge in [-0.2, -0.15) is 0 Å². The molecule has 0 fully saturated rings. The number of hydrogen-bond donors (Lipinski definition) is 2. The van der Waals surface area contributed by atoms with E-state index in [2.05, 4.69) is 10.6 Å². The number of likely N-dealkylation sites (N-methyl/N-ethyl adjacent to an activating group) is 1. The van der Waals surface area contributed by atoms with Gasteiger partial charge in [0.15, 0.2) is 0 Å². The highest BCUT2D eigenvalue weighted by Crippen LogP contribution is 2.11. The minimum absolute atomic E-state index is 0.0156. The van der Waals surface area contributed by atoms with Crippen LogP contribution in [-0.2, 0) is 4.79 Å². The van der Waals surface area contributed by atoms with Crippen molar-refractivity contribution in [2.24, 2.45) is 0 Å². The third kappa shape index (κ3) is 3.35. The summed E-state index contributed by atoms with van der Waals surface area (Å²) >= 11 is 0. The normalized spacial score (nSPS) is 11.2. The number of benzene rings is 1. The molecule has 3 heteroatoms. The van der Waals surface area contributed by atoms with Gasteiger partial charge in [-0.3, -0.25) is 4.79 Å². The molecule has 1 aromatic rings. The maximum absolute atomic E-state index is 11.9. The van der Waals surface area contributed by atoms with Crippen LogP contribution in [0, 0.1) is 6.92 Å². The van der Waals surface area contributed by atoms with Crippen LogP contribution in [0.5, 0.6) is 0 Å². The highest BCUT2D eigenvalue weighted by atomic mass is 16.2. The Morgan fingerprint density at radius 1 is 1.25 bits per heavy atom. The third-order valence-electron chi connectivity index (χ3n) is 2.50. The zero-order valence-electron chi connectivity index (χ0n) is 10.4. The Morgan fingerprint density at radius 2 is 1.81 bits per heavy atom. The average molecular weight is 220 g/mol. The fourth-order valence-electron chi connectivity index (χ4n) is 1.45. The Balaban J connectivity index is 2.67. The summed E-state index contributed by atoms with van der Waals surface area (Å²) < 4.78 is 0. The zero-order valence-corrected chi connectivity index (χ0v) is 10.4. The summed E-state index contributed by atoms with van der Waals surface area (Å²) in [4.78, 5) is 11.9. The Labute approximate surface area is 97.2 Å². The maximum Gasteiger partial charge on any atom is 0.244 e. The maximum atomic E-state index is 11.9. The number of carbonyl (C=O) groups is 1. The van der Waals surface area contributed by atoms with Crippen LogP contribution < -0.4 is 10.6 Å². The van der Waals surface area contributed by atoms with Crippen LogP contribution in [-0.4, -0.2) is 18.0 Å². The monoisotopic (exact) mass is 220 g/mol. The molecule has 0 radical (unpaired) electrons. The molecule has 0 aliphatic heterocycles. The van der Waals surface area contributed by atoms with Gasteiger partial charge in [-0.25, -0.2) is 0 Å². The first-order valence-electron chi connectivity index (χ1n) is 5.59. The van der Waals surface area contributed by atoms with Crippen LogP contribution in [0.1, 0.15) is 26.3 Å². The van der Waals surface area contributed by atoms with E-state index in [4.69, 9.17) is 0 Å². The van der Waals surface area contributed by atoms with Gasteiger partial charge in [0.1, 0.15) is 0 Å². The van der Waals surface area contributed by atoms with Gasteiger partial charge in [-0.05, 0) is 39.4 Å². The molecule has 0 atom stereocenters. The molecule has 0 unspecified atom stereocenters. The average Bonchev–Trinajstić information content (AvgIpc) is 2.21. The van der Waals surface area contributed by atoms with E-state index in [1.54, 1.807) is 0 Å². The summed E-state index contributed by atoms with van der Waals surface area (Å²) in [5.74, 6) is -0.0156. The lowest BCUT2D eigenvalue weighted by molar-refractivity contribution is -0.121. The van der Waals surface area contributed by atoms with Crippen LogP contribution in [0.25, 0.3) is 0 Å². The van der Waals surface area contributed by atoms with Crippen LogP contribution in [0.4, 0.5) is 5.69 Å². The molecule has 1 rings (SSSR count). The van der Waals surface area contributed by atoms with Crippen molar-refractivity contribution in [3.63, 3.8) is 0 Å². The standard InChI is InChI=1S/C13H20N2O/c1-5-14-13(3,4)12(16)15-11-8-6-10(2)7-9-11/h6-9,14H,5H2,1-4H3,(H,15,16). The van der Waals surface area contributed by atoms with E-state index in [9.17, 15) is 4.79 Å². The number of rotatable bonds is 4. The molecule has 88 valence electrons. The fourth-order valence-corrected chi connectivity index (χ4v) is 1.45. The van der Waals surface area contributed by atoms with Crippen molar-refractivity contribution >= 4 is 11.6 Å². The molecule has 1 aromatic carbocycles. The second-order valence-corrected chi connectivity index (χ2v) is 4.48. The minimum atomic E-state index is -0.542. The molecule has 0 aliphatic rings. The fraction of sp³-hybridized carbons (Fsp3) is 0.462.